The van der Waals surface area contributed by atoms with Crippen LogP contribution >= 0.6 is 23.2 Å². The molecule has 0 aromatic rings. The van der Waals surface area contributed by atoms with Crippen LogP contribution in [-0.4, -0.2) is 17.8 Å². The van der Waals surface area contributed by atoms with E-state index >= 15 is 0 Å². The standard InChI is InChI=1S/C3H6Cl2.C2H4O4S/c1-2-3(4)5;1-2-6-7(3,4)5/h3H,2H2,1H3;2H,1H2,(H,3,4,5). The highest BCUT2D eigenvalue weighted by Crippen LogP contribution is 2.03. The number of rotatable bonds is 3. The largest absolute Gasteiger partial charge is 0.445 e. The predicted molar refractivity (Wildman–Crippen MR) is 48.6 cm³/mol. The van der Waals surface area contributed by atoms with Gasteiger partial charge in [-0.25, -0.2) is 0 Å². The Morgan fingerprint density at radius 2 is 2.00 bits per heavy atom. The van der Waals surface area contributed by atoms with E-state index in [0.717, 1.165) is 6.42 Å². The molecule has 0 aliphatic heterocycles. The van der Waals surface area contributed by atoms with Crippen molar-refractivity contribution >= 4 is 33.6 Å². The van der Waals surface area contributed by atoms with Gasteiger partial charge >= 0.3 is 10.4 Å². The van der Waals surface area contributed by atoms with Crippen LogP contribution in [0.2, 0.25) is 0 Å². The van der Waals surface area contributed by atoms with Gasteiger partial charge in [-0.05, 0) is 6.42 Å². The van der Waals surface area contributed by atoms with E-state index < -0.39 is 10.4 Å². The van der Waals surface area contributed by atoms with Crippen LogP contribution in [0.1, 0.15) is 13.3 Å². The van der Waals surface area contributed by atoms with Crippen molar-refractivity contribution in [3.05, 3.63) is 12.8 Å². The zero-order valence-corrected chi connectivity index (χ0v) is 8.73. The first-order valence-electron chi connectivity index (χ1n) is 2.88. The zero-order chi connectivity index (χ0) is 10.2. The van der Waals surface area contributed by atoms with Crippen molar-refractivity contribution in [3.8, 4) is 0 Å². The van der Waals surface area contributed by atoms with Crippen molar-refractivity contribution < 1.29 is 17.2 Å². The lowest BCUT2D eigenvalue weighted by atomic mass is 10.6. The number of alkyl halides is 2. The monoisotopic (exact) mass is 236 g/mol. The minimum absolute atomic E-state index is 0.171. The molecule has 4 nitrogen and oxygen atoms in total. The van der Waals surface area contributed by atoms with Crippen molar-refractivity contribution in [1.29, 1.82) is 0 Å². The molecule has 0 aromatic heterocycles. The highest BCUT2D eigenvalue weighted by molar-refractivity contribution is 7.81. The van der Waals surface area contributed by atoms with Crippen molar-refractivity contribution in [3.63, 3.8) is 0 Å². The molecule has 0 amide bonds. The van der Waals surface area contributed by atoms with Crippen LogP contribution in [0.3, 0.4) is 0 Å². The molecule has 12 heavy (non-hydrogen) atoms. The van der Waals surface area contributed by atoms with Gasteiger partial charge in [-0.3, -0.25) is 4.55 Å². The molecule has 0 spiro atoms. The molecular formula is C5H10Cl2O4S. The van der Waals surface area contributed by atoms with Crippen molar-refractivity contribution in [2.75, 3.05) is 0 Å². The van der Waals surface area contributed by atoms with E-state index in [-0.39, 0.29) is 4.84 Å². The summed E-state index contributed by atoms with van der Waals surface area (Å²) >= 11 is 10.5. The molecule has 0 aliphatic rings. The first-order valence-corrected chi connectivity index (χ1v) is 5.12. The molecule has 0 atom stereocenters. The maximum atomic E-state index is 9.49. The van der Waals surface area contributed by atoms with Crippen molar-refractivity contribution in [2.45, 2.75) is 18.2 Å². The first kappa shape index (κ1) is 14.5. The number of hydrogen-bond acceptors (Lipinski definition) is 3. The van der Waals surface area contributed by atoms with Gasteiger partial charge in [0.05, 0.1) is 0 Å². The second kappa shape index (κ2) is 7.67. The zero-order valence-electron chi connectivity index (χ0n) is 6.41. The number of halogens is 2. The molecule has 7 heteroatoms. The Labute approximate surface area is 82.1 Å². The first-order chi connectivity index (χ1) is 5.33. The summed E-state index contributed by atoms with van der Waals surface area (Å²) in [6.45, 7) is 4.82. The van der Waals surface area contributed by atoms with Crippen LogP contribution in [0.15, 0.2) is 12.8 Å². The van der Waals surface area contributed by atoms with Gasteiger partial charge in [-0.15, -0.1) is 23.2 Å². The van der Waals surface area contributed by atoms with E-state index in [0.29, 0.717) is 6.26 Å². The van der Waals surface area contributed by atoms with Gasteiger partial charge < -0.3 is 4.18 Å². The Bertz CT molecular complexity index is 199. The third kappa shape index (κ3) is 22.5. The maximum absolute atomic E-state index is 9.49. The van der Waals surface area contributed by atoms with Gasteiger partial charge in [-0.1, -0.05) is 13.5 Å². The molecule has 0 saturated carbocycles. The Kier molecular flexibility index (Phi) is 9.30. The van der Waals surface area contributed by atoms with E-state index in [1.165, 1.54) is 0 Å². The highest BCUT2D eigenvalue weighted by Gasteiger charge is 1.96. The van der Waals surface area contributed by atoms with Crippen LogP contribution in [0.25, 0.3) is 0 Å². The second-order valence-corrected chi connectivity index (χ2v) is 3.81. The second-order valence-electron chi connectivity index (χ2n) is 1.49. The van der Waals surface area contributed by atoms with Gasteiger partial charge in [-0.2, -0.15) is 8.42 Å². The molecule has 0 saturated heterocycles. The minimum Gasteiger partial charge on any atom is -0.370 e. The van der Waals surface area contributed by atoms with E-state index in [4.69, 9.17) is 27.8 Å². The van der Waals surface area contributed by atoms with Crippen LogP contribution in [0.5, 0.6) is 0 Å². The van der Waals surface area contributed by atoms with Gasteiger partial charge in [0.15, 0.2) is 0 Å². The van der Waals surface area contributed by atoms with E-state index in [9.17, 15) is 8.42 Å². The summed E-state index contributed by atoms with van der Waals surface area (Å²) in [6.07, 6.45) is 1.46. The molecule has 0 unspecified atom stereocenters. The Hall–Kier alpha value is 0.0300. The van der Waals surface area contributed by atoms with Gasteiger partial charge in [0, 0.05) is 0 Å². The average molecular weight is 237 g/mol. The van der Waals surface area contributed by atoms with Crippen LogP contribution in [0.4, 0.5) is 0 Å². The van der Waals surface area contributed by atoms with Crippen LogP contribution < -0.4 is 0 Å². The summed E-state index contributed by atoms with van der Waals surface area (Å²) < 4.78 is 30.2. The van der Waals surface area contributed by atoms with Gasteiger partial charge in [0.2, 0.25) is 0 Å². The average Bonchev–Trinajstić information content (AvgIpc) is 1.86. The lowest BCUT2D eigenvalue weighted by molar-refractivity contribution is 0.357. The fourth-order valence-corrected chi connectivity index (χ4v) is 0.258. The van der Waals surface area contributed by atoms with Crippen LogP contribution in [0, 0.1) is 0 Å². The summed E-state index contributed by atoms with van der Waals surface area (Å²) in [5, 5.41) is 0. The lowest BCUT2D eigenvalue weighted by Crippen LogP contribution is -1.96. The Morgan fingerprint density at radius 1 is 1.67 bits per heavy atom. The molecular weight excluding hydrogens is 227 g/mol. The van der Waals surface area contributed by atoms with Gasteiger partial charge in [0.25, 0.3) is 0 Å². The molecule has 74 valence electrons. The summed E-state index contributed by atoms with van der Waals surface area (Å²) in [5.41, 5.74) is 0. The summed E-state index contributed by atoms with van der Waals surface area (Å²) in [5.74, 6) is 0. The summed E-state index contributed by atoms with van der Waals surface area (Å²) in [6, 6.07) is 0. The smallest absolute Gasteiger partial charge is 0.370 e. The Balaban J connectivity index is 0. The molecule has 1 N–H and O–H groups in total. The van der Waals surface area contributed by atoms with Crippen LogP contribution in [-0.2, 0) is 14.6 Å². The van der Waals surface area contributed by atoms with E-state index in [1.807, 2.05) is 6.92 Å². The molecule has 0 radical (unpaired) electrons. The SMILES string of the molecule is C=COS(=O)(=O)O.CCC(Cl)Cl. The molecule has 0 heterocycles. The fraction of sp³-hybridized carbons (Fsp3) is 0.600. The molecule has 0 aliphatic carbocycles. The Morgan fingerprint density at radius 3 is 2.00 bits per heavy atom. The summed E-state index contributed by atoms with van der Waals surface area (Å²) in [7, 11) is -4.29. The highest BCUT2D eigenvalue weighted by atomic mass is 35.5. The van der Waals surface area contributed by atoms with Gasteiger partial charge in [0.1, 0.15) is 11.1 Å². The fourth-order valence-electron chi connectivity index (χ4n) is 0.0860. The topological polar surface area (TPSA) is 63.6 Å². The minimum atomic E-state index is -4.29. The predicted octanol–water partition coefficient (Wildman–Crippen LogP) is 2.15. The molecule has 0 fully saturated rings. The van der Waals surface area contributed by atoms with E-state index in [2.05, 4.69) is 10.8 Å². The lowest BCUT2D eigenvalue weighted by Gasteiger charge is -1.86. The van der Waals surface area contributed by atoms with E-state index in [1.54, 1.807) is 0 Å². The third-order valence-electron chi connectivity index (χ3n) is 0.498. The van der Waals surface area contributed by atoms with Crippen molar-refractivity contribution in [2.24, 2.45) is 0 Å². The summed E-state index contributed by atoms with van der Waals surface area (Å²) in [4.78, 5) is -0.171. The maximum Gasteiger partial charge on any atom is 0.445 e. The normalized spacial score (nSPS) is 10.1. The molecule has 0 rings (SSSR count). The molecule has 0 bridgehead atoms. The quantitative estimate of drug-likeness (QED) is 0.464. The van der Waals surface area contributed by atoms with Crippen molar-refractivity contribution in [1.82, 2.24) is 0 Å². The molecule has 0 aromatic carbocycles. The third-order valence-corrected chi connectivity index (χ3v) is 1.49. The number of hydrogen-bond donors (Lipinski definition) is 1.